The maximum Gasteiger partial charge on any atom is 0.291 e. The summed E-state index contributed by atoms with van der Waals surface area (Å²) in [5, 5.41) is 12.1. The Balaban J connectivity index is 1.92. The molecule has 5 heteroatoms. The van der Waals surface area contributed by atoms with Gasteiger partial charge in [0.2, 0.25) is 0 Å². The van der Waals surface area contributed by atoms with E-state index in [1.54, 1.807) is 0 Å². The van der Waals surface area contributed by atoms with Crippen molar-refractivity contribution in [2.45, 2.75) is 26.9 Å². The molecule has 128 valence electrons. The van der Waals surface area contributed by atoms with Gasteiger partial charge in [-0.1, -0.05) is 44.2 Å². The van der Waals surface area contributed by atoms with Crippen LogP contribution in [-0.4, -0.2) is 9.91 Å². The molecule has 2 aromatic carbocycles. The van der Waals surface area contributed by atoms with Crippen LogP contribution in [0, 0.1) is 16.0 Å². The number of nitro groups is 1. The number of ether oxygens (including phenoxy) is 1. The minimum Gasteiger partial charge on any atom is -0.489 e. The van der Waals surface area contributed by atoms with E-state index in [4.69, 9.17) is 4.74 Å². The van der Waals surface area contributed by atoms with Gasteiger partial charge in [0.1, 0.15) is 18.6 Å². The lowest BCUT2D eigenvalue weighted by Crippen LogP contribution is -2.02. The number of pyridine rings is 1. The summed E-state index contributed by atoms with van der Waals surface area (Å²) in [7, 11) is 0. The fourth-order valence-corrected chi connectivity index (χ4v) is 2.83. The van der Waals surface area contributed by atoms with Gasteiger partial charge >= 0.3 is 0 Å². The Morgan fingerprint density at radius 2 is 1.92 bits per heavy atom. The molecule has 3 rings (SSSR count). The maximum atomic E-state index is 11.3. The molecule has 1 heterocycles. The molecule has 0 saturated heterocycles. The van der Waals surface area contributed by atoms with Crippen molar-refractivity contribution in [3.05, 3.63) is 76.0 Å². The molecule has 25 heavy (non-hydrogen) atoms. The predicted molar refractivity (Wildman–Crippen MR) is 97.7 cm³/mol. The number of hydrogen-bond acceptors (Lipinski definition) is 4. The Bertz CT molecular complexity index is 892. The number of fused-ring (bicyclic) bond motifs is 1. The molecule has 0 amide bonds. The van der Waals surface area contributed by atoms with E-state index in [1.807, 2.05) is 62.4 Å². The quantitative estimate of drug-likeness (QED) is 0.473. The van der Waals surface area contributed by atoms with Gasteiger partial charge < -0.3 is 4.74 Å². The highest BCUT2D eigenvalue weighted by Crippen LogP contribution is 2.30. The Labute approximate surface area is 146 Å². The Morgan fingerprint density at radius 3 is 2.60 bits per heavy atom. The third kappa shape index (κ3) is 3.94. The van der Waals surface area contributed by atoms with Crippen molar-refractivity contribution in [3.8, 4) is 5.75 Å². The van der Waals surface area contributed by atoms with Gasteiger partial charge in [-0.2, -0.15) is 0 Å². The second-order valence-corrected chi connectivity index (χ2v) is 6.43. The summed E-state index contributed by atoms with van der Waals surface area (Å²) in [5.74, 6) is 1.02. The molecule has 0 aliphatic heterocycles. The van der Waals surface area contributed by atoms with Crippen LogP contribution in [0.25, 0.3) is 10.9 Å². The van der Waals surface area contributed by atoms with E-state index in [0.717, 1.165) is 16.5 Å². The summed E-state index contributed by atoms with van der Waals surface area (Å²) in [6.07, 6.45) is 1.99. The summed E-state index contributed by atoms with van der Waals surface area (Å²) in [6.45, 7) is 4.57. The molecular weight excluding hydrogens is 316 g/mol. The lowest BCUT2D eigenvalue weighted by molar-refractivity contribution is -0.385. The van der Waals surface area contributed by atoms with Gasteiger partial charge in [-0.25, -0.2) is 4.98 Å². The Hall–Kier alpha value is -2.95. The fourth-order valence-electron chi connectivity index (χ4n) is 2.83. The van der Waals surface area contributed by atoms with Crippen LogP contribution in [0.15, 0.2) is 54.7 Å². The lowest BCUT2D eigenvalue weighted by atomic mass is 9.98. The largest absolute Gasteiger partial charge is 0.489 e. The van der Waals surface area contributed by atoms with E-state index < -0.39 is 0 Å². The minimum atomic E-state index is -0.357. The Kier molecular flexibility index (Phi) is 4.93. The average Bonchev–Trinajstić information content (AvgIpc) is 2.60. The molecule has 0 unspecified atom stereocenters. The summed E-state index contributed by atoms with van der Waals surface area (Å²) < 4.78 is 5.82. The number of rotatable bonds is 6. The summed E-state index contributed by atoms with van der Waals surface area (Å²) >= 11 is 0. The molecule has 0 radical (unpaired) electrons. The van der Waals surface area contributed by atoms with Crippen LogP contribution in [0.1, 0.15) is 25.0 Å². The highest BCUT2D eigenvalue weighted by molar-refractivity contribution is 5.86. The minimum absolute atomic E-state index is 0.0825. The summed E-state index contributed by atoms with van der Waals surface area (Å²) in [6, 6.07) is 15.5. The van der Waals surface area contributed by atoms with E-state index in [9.17, 15) is 10.1 Å². The number of nitrogens with zero attached hydrogens (tertiary/aromatic N) is 2. The fraction of sp³-hybridized carbons (Fsp3) is 0.250. The normalized spacial score (nSPS) is 11.0. The van der Waals surface area contributed by atoms with Crippen LogP contribution in [0.3, 0.4) is 0 Å². The van der Waals surface area contributed by atoms with E-state index in [-0.39, 0.29) is 10.6 Å². The molecular formula is C20H20N2O3. The van der Waals surface area contributed by atoms with Gasteiger partial charge in [0.25, 0.3) is 5.69 Å². The van der Waals surface area contributed by atoms with Crippen molar-refractivity contribution in [1.82, 2.24) is 4.98 Å². The van der Waals surface area contributed by atoms with Gasteiger partial charge in [0.05, 0.1) is 10.4 Å². The van der Waals surface area contributed by atoms with Crippen LogP contribution in [0.2, 0.25) is 0 Å². The Morgan fingerprint density at radius 1 is 1.16 bits per heavy atom. The van der Waals surface area contributed by atoms with Crippen LogP contribution < -0.4 is 4.74 Å². The molecule has 3 aromatic rings. The monoisotopic (exact) mass is 336 g/mol. The van der Waals surface area contributed by atoms with Crippen molar-refractivity contribution < 1.29 is 9.66 Å². The number of aromatic nitrogens is 1. The van der Waals surface area contributed by atoms with Crippen molar-refractivity contribution >= 4 is 16.6 Å². The standard InChI is InChI=1S/C20H20N2O3/c1-14(2)10-18-17-9-8-16(25-13-15-6-4-3-5-7-15)11-19(17)21-12-20(18)22(23)24/h3-9,11-12,14H,10,13H2,1-2H3. The summed E-state index contributed by atoms with van der Waals surface area (Å²) in [4.78, 5) is 15.2. The third-order valence-electron chi connectivity index (χ3n) is 3.99. The number of hydrogen-bond donors (Lipinski definition) is 0. The molecule has 0 aliphatic carbocycles. The van der Waals surface area contributed by atoms with Crippen molar-refractivity contribution in [2.75, 3.05) is 0 Å². The second-order valence-electron chi connectivity index (χ2n) is 6.43. The molecule has 0 aliphatic rings. The first-order chi connectivity index (χ1) is 12.0. The molecule has 0 N–H and O–H groups in total. The maximum absolute atomic E-state index is 11.3. The van der Waals surface area contributed by atoms with Gasteiger partial charge in [0, 0.05) is 17.0 Å². The van der Waals surface area contributed by atoms with Crippen LogP contribution in [0.4, 0.5) is 5.69 Å². The first-order valence-electron chi connectivity index (χ1n) is 8.27. The van der Waals surface area contributed by atoms with Gasteiger partial charge in [0.15, 0.2) is 0 Å². The molecule has 0 fully saturated rings. The third-order valence-corrected chi connectivity index (χ3v) is 3.99. The van der Waals surface area contributed by atoms with E-state index in [2.05, 4.69) is 4.98 Å². The summed E-state index contributed by atoms with van der Waals surface area (Å²) in [5.41, 5.74) is 2.62. The van der Waals surface area contributed by atoms with Gasteiger partial charge in [-0.3, -0.25) is 10.1 Å². The van der Waals surface area contributed by atoms with E-state index in [0.29, 0.717) is 30.2 Å². The number of benzene rings is 2. The lowest BCUT2D eigenvalue weighted by Gasteiger charge is -2.11. The predicted octanol–water partition coefficient (Wildman–Crippen LogP) is 4.92. The van der Waals surface area contributed by atoms with Crippen LogP contribution >= 0.6 is 0 Å². The van der Waals surface area contributed by atoms with Gasteiger partial charge in [-0.05, 0) is 30.0 Å². The zero-order valence-electron chi connectivity index (χ0n) is 14.3. The zero-order chi connectivity index (χ0) is 17.8. The van der Waals surface area contributed by atoms with E-state index >= 15 is 0 Å². The smallest absolute Gasteiger partial charge is 0.291 e. The first-order valence-corrected chi connectivity index (χ1v) is 8.27. The first kappa shape index (κ1) is 16.9. The molecule has 0 atom stereocenters. The SMILES string of the molecule is CC(C)Cc1c([N+](=O)[O-])cnc2cc(OCc3ccccc3)ccc12. The average molecular weight is 336 g/mol. The zero-order valence-corrected chi connectivity index (χ0v) is 14.3. The van der Waals surface area contributed by atoms with Gasteiger partial charge in [-0.15, -0.1) is 0 Å². The molecule has 0 bridgehead atoms. The van der Waals surface area contributed by atoms with Crippen LogP contribution in [-0.2, 0) is 13.0 Å². The molecule has 1 aromatic heterocycles. The van der Waals surface area contributed by atoms with Crippen LogP contribution in [0.5, 0.6) is 5.75 Å². The molecule has 0 spiro atoms. The molecule has 0 saturated carbocycles. The van der Waals surface area contributed by atoms with Crippen molar-refractivity contribution in [2.24, 2.45) is 5.92 Å². The second kappa shape index (κ2) is 7.30. The highest BCUT2D eigenvalue weighted by Gasteiger charge is 2.19. The van der Waals surface area contributed by atoms with E-state index in [1.165, 1.54) is 6.20 Å². The van der Waals surface area contributed by atoms with Crippen molar-refractivity contribution in [3.63, 3.8) is 0 Å². The topological polar surface area (TPSA) is 65.3 Å². The van der Waals surface area contributed by atoms with Crippen molar-refractivity contribution in [1.29, 1.82) is 0 Å². The molecule has 5 nitrogen and oxygen atoms in total. The highest BCUT2D eigenvalue weighted by atomic mass is 16.6.